The first-order valence-electron chi connectivity index (χ1n) is 7.79. The van der Waals surface area contributed by atoms with Crippen LogP contribution in [0.2, 0.25) is 5.15 Å². The number of halogens is 1. The molecule has 26 heavy (non-hydrogen) atoms. The Kier molecular flexibility index (Phi) is 5.66. The van der Waals surface area contributed by atoms with Crippen LogP contribution in [0.15, 0.2) is 61.1 Å². The summed E-state index contributed by atoms with van der Waals surface area (Å²) in [4.78, 5) is 20.3. The molecule has 0 radical (unpaired) electrons. The lowest BCUT2D eigenvalue weighted by Gasteiger charge is -2.13. The lowest BCUT2D eigenvalue weighted by Crippen LogP contribution is -2.13. The normalized spacial score (nSPS) is 10.2. The molecule has 132 valence electrons. The van der Waals surface area contributed by atoms with Crippen LogP contribution in [-0.2, 0) is 6.61 Å². The highest BCUT2D eigenvalue weighted by Crippen LogP contribution is 2.31. The van der Waals surface area contributed by atoms with Crippen molar-refractivity contribution in [1.82, 2.24) is 9.97 Å². The predicted molar refractivity (Wildman–Crippen MR) is 98.8 cm³/mol. The van der Waals surface area contributed by atoms with Crippen LogP contribution in [0.5, 0.6) is 11.5 Å². The van der Waals surface area contributed by atoms with Crippen LogP contribution in [0.1, 0.15) is 15.9 Å². The minimum atomic E-state index is -0.355. The Labute approximate surface area is 155 Å². The van der Waals surface area contributed by atoms with E-state index in [0.717, 1.165) is 5.56 Å². The predicted octanol–water partition coefficient (Wildman–Crippen LogP) is 3.97. The van der Waals surface area contributed by atoms with Crippen LogP contribution in [-0.4, -0.2) is 23.0 Å². The Morgan fingerprint density at radius 2 is 2.00 bits per heavy atom. The summed E-state index contributed by atoms with van der Waals surface area (Å²) in [5, 5.41) is 2.92. The van der Waals surface area contributed by atoms with Crippen molar-refractivity contribution >= 4 is 23.2 Å². The molecule has 0 unspecified atom stereocenters. The van der Waals surface area contributed by atoms with Crippen molar-refractivity contribution in [3.8, 4) is 11.5 Å². The molecule has 0 spiro atoms. The maximum Gasteiger partial charge on any atom is 0.258 e. The molecule has 2 heterocycles. The van der Waals surface area contributed by atoms with Gasteiger partial charge in [-0.25, -0.2) is 4.98 Å². The minimum Gasteiger partial charge on any atom is -0.493 e. The molecule has 0 saturated carbocycles. The Hall–Kier alpha value is -3.12. The van der Waals surface area contributed by atoms with E-state index in [9.17, 15) is 4.79 Å². The largest absolute Gasteiger partial charge is 0.493 e. The topological polar surface area (TPSA) is 73.3 Å². The molecule has 0 aliphatic heterocycles. The van der Waals surface area contributed by atoms with Gasteiger partial charge in [-0.15, -0.1) is 0 Å². The van der Waals surface area contributed by atoms with Crippen molar-refractivity contribution in [3.05, 3.63) is 77.3 Å². The molecule has 1 aromatic carbocycles. The van der Waals surface area contributed by atoms with Crippen molar-refractivity contribution in [2.24, 2.45) is 0 Å². The molecule has 0 bridgehead atoms. The number of ether oxygens (including phenoxy) is 2. The highest BCUT2D eigenvalue weighted by atomic mass is 35.5. The van der Waals surface area contributed by atoms with Gasteiger partial charge in [0.25, 0.3) is 5.91 Å². The van der Waals surface area contributed by atoms with E-state index in [1.807, 2.05) is 12.1 Å². The van der Waals surface area contributed by atoms with E-state index < -0.39 is 0 Å². The van der Waals surface area contributed by atoms with Crippen LogP contribution < -0.4 is 14.8 Å². The van der Waals surface area contributed by atoms with Gasteiger partial charge in [0.1, 0.15) is 11.8 Å². The van der Waals surface area contributed by atoms with Gasteiger partial charge < -0.3 is 14.8 Å². The van der Waals surface area contributed by atoms with Gasteiger partial charge in [0.15, 0.2) is 11.5 Å². The second kappa shape index (κ2) is 8.31. The summed E-state index contributed by atoms with van der Waals surface area (Å²) >= 11 is 5.96. The zero-order chi connectivity index (χ0) is 18.4. The summed E-state index contributed by atoms with van der Waals surface area (Å²) in [6, 6.07) is 12.1. The van der Waals surface area contributed by atoms with E-state index in [0.29, 0.717) is 29.4 Å². The summed E-state index contributed by atoms with van der Waals surface area (Å²) in [6.07, 6.45) is 4.95. The summed E-state index contributed by atoms with van der Waals surface area (Å²) < 4.78 is 11.1. The molecule has 0 aliphatic rings. The Morgan fingerprint density at radius 3 is 2.73 bits per heavy atom. The van der Waals surface area contributed by atoms with E-state index in [1.165, 1.54) is 6.20 Å². The molecule has 6 nitrogen and oxygen atoms in total. The summed E-state index contributed by atoms with van der Waals surface area (Å²) in [6.45, 7) is 0.329. The fourth-order valence-electron chi connectivity index (χ4n) is 2.27. The van der Waals surface area contributed by atoms with Crippen LogP contribution in [0.4, 0.5) is 5.69 Å². The van der Waals surface area contributed by atoms with Crippen molar-refractivity contribution in [3.63, 3.8) is 0 Å². The molecule has 1 N–H and O–H groups in total. The maximum atomic E-state index is 12.4. The third-order valence-corrected chi connectivity index (χ3v) is 3.84. The first-order chi connectivity index (χ1) is 12.7. The molecule has 0 aliphatic carbocycles. The molecule has 3 rings (SSSR count). The quantitative estimate of drug-likeness (QED) is 0.665. The number of carbonyl (C=O) groups excluding carboxylic acids is 1. The zero-order valence-electron chi connectivity index (χ0n) is 14.0. The Bertz CT molecular complexity index is 904. The smallest absolute Gasteiger partial charge is 0.258 e. The van der Waals surface area contributed by atoms with Crippen LogP contribution in [0, 0.1) is 0 Å². The van der Waals surface area contributed by atoms with Crippen molar-refractivity contribution in [1.29, 1.82) is 0 Å². The molecule has 0 saturated heterocycles. The number of methoxy groups -OCH3 is 1. The first-order valence-corrected chi connectivity index (χ1v) is 8.17. The van der Waals surface area contributed by atoms with Gasteiger partial charge in [-0.2, -0.15) is 0 Å². The van der Waals surface area contributed by atoms with E-state index in [2.05, 4.69) is 15.3 Å². The van der Waals surface area contributed by atoms with Gasteiger partial charge in [-0.05, 0) is 30.3 Å². The van der Waals surface area contributed by atoms with Gasteiger partial charge in [-0.1, -0.05) is 17.7 Å². The molecule has 1 amide bonds. The number of pyridine rings is 2. The average Bonchev–Trinajstić information content (AvgIpc) is 2.67. The lowest BCUT2D eigenvalue weighted by atomic mass is 10.2. The van der Waals surface area contributed by atoms with Crippen LogP contribution in [0.25, 0.3) is 0 Å². The number of hydrogen-bond donors (Lipinski definition) is 1. The molecular formula is C19H16ClN3O3. The van der Waals surface area contributed by atoms with Crippen molar-refractivity contribution in [2.45, 2.75) is 6.61 Å². The summed E-state index contributed by atoms with van der Waals surface area (Å²) in [5.41, 5.74) is 1.77. The van der Waals surface area contributed by atoms with Crippen LogP contribution in [0.3, 0.4) is 0 Å². The van der Waals surface area contributed by atoms with Gasteiger partial charge >= 0.3 is 0 Å². The standard InChI is InChI=1S/C19H16ClN3O3/c1-25-16-7-6-14(23-19(24)15-5-3-9-22-18(15)20)10-17(16)26-12-13-4-2-8-21-11-13/h2-11H,12H2,1H3,(H,23,24). The fraction of sp³-hybridized carbons (Fsp3) is 0.105. The number of rotatable bonds is 6. The molecule has 0 fully saturated rings. The monoisotopic (exact) mass is 369 g/mol. The Morgan fingerprint density at radius 1 is 1.15 bits per heavy atom. The van der Waals surface area contributed by atoms with E-state index in [4.69, 9.17) is 21.1 Å². The minimum absolute atomic E-state index is 0.145. The lowest BCUT2D eigenvalue weighted by molar-refractivity contribution is 0.102. The maximum absolute atomic E-state index is 12.4. The third-order valence-electron chi connectivity index (χ3n) is 3.54. The van der Waals surface area contributed by atoms with E-state index >= 15 is 0 Å². The van der Waals surface area contributed by atoms with E-state index in [-0.39, 0.29) is 11.1 Å². The summed E-state index contributed by atoms with van der Waals surface area (Å²) in [7, 11) is 1.56. The van der Waals surface area contributed by atoms with E-state index in [1.54, 1.807) is 49.8 Å². The average molecular weight is 370 g/mol. The number of aromatic nitrogens is 2. The number of nitrogens with one attached hydrogen (secondary N) is 1. The number of carbonyl (C=O) groups is 1. The highest BCUT2D eigenvalue weighted by molar-refractivity contribution is 6.33. The third kappa shape index (κ3) is 4.29. The van der Waals surface area contributed by atoms with Gasteiger partial charge in [0.05, 0.1) is 12.7 Å². The second-order valence-corrected chi connectivity index (χ2v) is 5.67. The molecule has 3 aromatic rings. The number of benzene rings is 1. The molecule has 7 heteroatoms. The summed E-state index contributed by atoms with van der Waals surface area (Å²) in [5.74, 6) is 0.712. The van der Waals surface area contributed by atoms with Gasteiger partial charge in [-0.3, -0.25) is 9.78 Å². The SMILES string of the molecule is COc1ccc(NC(=O)c2cccnc2Cl)cc1OCc1cccnc1. The molecule has 0 atom stereocenters. The fourth-order valence-corrected chi connectivity index (χ4v) is 2.47. The number of amides is 1. The first kappa shape index (κ1) is 17.7. The second-order valence-electron chi connectivity index (χ2n) is 5.31. The number of nitrogens with zero attached hydrogens (tertiary/aromatic N) is 2. The highest BCUT2D eigenvalue weighted by Gasteiger charge is 2.13. The van der Waals surface area contributed by atoms with Crippen molar-refractivity contribution < 1.29 is 14.3 Å². The van der Waals surface area contributed by atoms with Gasteiger partial charge in [0, 0.05) is 35.9 Å². The number of anilines is 1. The molecule has 2 aromatic heterocycles. The molecular weight excluding hydrogens is 354 g/mol. The number of hydrogen-bond acceptors (Lipinski definition) is 5. The van der Waals surface area contributed by atoms with Crippen LogP contribution >= 0.6 is 11.6 Å². The zero-order valence-corrected chi connectivity index (χ0v) is 14.7. The Balaban J connectivity index is 1.76. The van der Waals surface area contributed by atoms with Crippen molar-refractivity contribution in [2.75, 3.05) is 12.4 Å². The van der Waals surface area contributed by atoms with Gasteiger partial charge in [0.2, 0.25) is 0 Å².